The third-order valence-corrected chi connectivity index (χ3v) is 5.30. The number of nitrogens with zero attached hydrogens (tertiary/aromatic N) is 3. The van der Waals surface area contributed by atoms with E-state index in [1.54, 1.807) is 13.1 Å². The highest BCUT2D eigenvalue weighted by Gasteiger charge is 2.21. The number of anilines is 1. The summed E-state index contributed by atoms with van der Waals surface area (Å²) in [6.07, 6.45) is 0.735. The predicted molar refractivity (Wildman–Crippen MR) is 118 cm³/mol. The SMILES string of the molecule is Cc1ccc(C(O)C(C)n2cc(-c3cc(NC(=O)c4ccc(Cl)o4)ccc3F)nn2)cc1. The summed E-state index contributed by atoms with van der Waals surface area (Å²) >= 11 is 5.70. The maximum atomic E-state index is 14.5. The number of carbonyl (C=O) groups is 1. The number of aryl methyl sites for hydroxylation is 1. The van der Waals surface area contributed by atoms with Gasteiger partial charge in [-0.25, -0.2) is 9.07 Å². The first-order chi connectivity index (χ1) is 15.3. The molecule has 2 heterocycles. The van der Waals surface area contributed by atoms with Crippen molar-refractivity contribution in [2.45, 2.75) is 26.0 Å². The number of furan rings is 1. The van der Waals surface area contributed by atoms with E-state index in [-0.39, 0.29) is 22.2 Å². The van der Waals surface area contributed by atoms with Gasteiger partial charge in [-0.2, -0.15) is 0 Å². The molecular formula is C23H20ClFN4O3. The summed E-state index contributed by atoms with van der Waals surface area (Å²) in [5, 5.41) is 21.5. The summed E-state index contributed by atoms with van der Waals surface area (Å²) < 4.78 is 21.1. The van der Waals surface area contributed by atoms with Gasteiger partial charge in [0.2, 0.25) is 0 Å². The fraction of sp³-hybridized carbons (Fsp3) is 0.174. The highest BCUT2D eigenvalue weighted by atomic mass is 35.5. The Morgan fingerprint density at radius 2 is 1.94 bits per heavy atom. The van der Waals surface area contributed by atoms with E-state index >= 15 is 0 Å². The van der Waals surface area contributed by atoms with Crippen molar-refractivity contribution in [3.8, 4) is 11.3 Å². The number of hydrogen-bond acceptors (Lipinski definition) is 5. The maximum Gasteiger partial charge on any atom is 0.291 e. The lowest BCUT2D eigenvalue weighted by Crippen LogP contribution is -2.15. The number of aliphatic hydroxyl groups is 1. The van der Waals surface area contributed by atoms with Crippen LogP contribution in [0, 0.1) is 12.7 Å². The Morgan fingerprint density at radius 3 is 2.62 bits per heavy atom. The van der Waals surface area contributed by atoms with E-state index in [2.05, 4.69) is 15.6 Å². The predicted octanol–water partition coefficient (Wildman–Crippen LogP) is 5.19. The van der Waals surface area contributed by atoms with Gasteiger partial charge in [-0.1, -0.05) is 35.0 Å². The van der Waals surface area contributed by atoms with Crippen LogP contribution in [0.2, 0.25) is 5.22 Å². The number of aromatic nitrogens is 3. The summed E-state index contributed by atoms with van der Waals surface area (Å²) in [5.41, 5.74) is 2.61. The molecule has 2 unspecified atom stereocenters. The summed E-state index contributed by atoms with van der Waals surface area (Å²) in [7, 11) is 0. The molecule has 0 aliphatic rings. The lowest BCUT2D eigenvalue weighted by Gasteiger charge is -2.19. The van der Waals surface area contributed by atoms with Gasteiger partial charge in [-0.15, -0.1) is 5.10 Å². The third kappa shape index (κ3) is 4.56. The number of aliphatic hydroxyl groups excluding tert-OH is 1. The summed E-state index contributed by atoms with van der Waals surface area (Å²) in [4.78, 5) is 12.3. The fourth-order valence-electron chi connectivity index (χ4n) is 3.21. The zero-order valence-corrected chi connectivity index (χ0v) is 18.0. The van der Waals surface area contributed by atoms with Crippen molar-refractivity contribution in [3.63, 3.8) is 0 Å². The lowest BCUT2D eigenvalue weighted by atomic mass is 10.0. The maximum absolute atomic E-state index is 14.5. The van der Waals surface area contributed by atoms with E-state index in [0.717, 1.165) is 11.1 Å². The Labute approximate surface area is 188 Å². The summed E-state index contributed by atoms with van der Waals surface area (Å²) in [6, 6.07) is 14.1. The molecule has 4 aromatic rings. The minimum absolute atomic E-state index is 0.0331. The Hall–Kier alpha value is -3.49. The monoisotopic (exact) mass is 454 g/mol. The molecule has 0 bridgehead atoms. The van der Waals surface area contributed by atoms with Gasteiger partial charge in [0.15, 0.2) is 11.0 Å². The first-order valence-electron chi connectivity index (χ1n) is 9.85. The van der Waals surface area contributed by atoms with Crippen molar-refractivity contribution < 1.29 is 18.7 Å². The van der Waals surface area contributed by atoms with Crippen LogP contribution in [-0.4, -0.2) is 26.0 Å². The van der Waals surface area contributed by atoms with E-state index in [0.29, 0.717) is 5.69 Å². The van der Waals surface area contributed by atoms with Crippen LogP contribution in [0.1, 0.15) is 40.8 Å². The van der Waals surface area contributed by atoms with Crippen LogP contribution in [0.3, 0.4) is 0 Å². The topological polar surface area (TPSA) is 93.2 Å². The number of rotatable bonds is 6. The van der Waals surface area contributed by atoms with Crippen molar-refractivity contribution in [1.29, 1.82) is 0 Å². The van der Waals surface area contributed by atoms with Crippen molar-refractivity contribution in [1.82, 2.24) is 15.0 Å². The summed E-state index contributed by atoms with van der Waals surface area (Å²) in [5.74, 6) is -1.01. The molecule has 0 radical (unpaired) electrons. The second kappa shape index (κ2) is 8.94. The van der Waals surface area contributed by atoms with Crippen LogP contribution in [0.5, 0.6) is 0 Å². The van der Waals surface area contributed by atoms with Gasteiger partial charge < -0.3 is 14.8 Å². The van der Waals surface area contributed by atoms with Gasteiger partial charge in [-0.05, 0) is 61.3 Å². The molecule has 164 valence electrons. The molecule has 0 saturated carbocycles. The minimum atomic E-state index is -0.819. The van der Waals surface area contributed by atoms with Crippen molar-refractivity contribution >= 4 is 23.2 Å². The first kappa shape index (κ1) is 21.7. The van der Waals surface area contributed by atoms with Crippen LogP contribution >= 0.6 is 11.6 Å². The Bertz CT molecular complexity index is 1250. The number of amides is 1. The number of nitrogens with one attached hydrogen (secondary N) is 1. The largest absolute Gasteiger partial charge is 0.440 e. The molecule has 4 rings (SSSR count). The van der Waals surface area contributed by atoms with Crippen LogP contribution in [-0.2, 0) is 0 Å². The van der Waals surface area contributed by atoms with Crippen LogP contribution in [0.25, 0.3) is 11.3 Å². The molecule has 32 heavy (non-hydrogen) atoms. The Morgan fingerprint density at radius 1 is 1.19 bits per heavy atom. The zero-order valence-electron chi connectivity index (χ0n) is 17.3. The Kier molecular flexibility index (Phi) is 6.07. The molecule has 0 fully saturated rings. The molecule has 0 spiro atoms. The first-order valence-corrected chi connectivity index (χ1v) is 10.2. The second-order valence-corrected chi connectivity index (χ2v) is 7.80. The number of carbonyl (C=O) groups excluding carboxylic acids is 1. The number of halogens is 2. The molecule has 2 aromatic carbocycles. The van der Waals surface area contributed by atoms with E-state index in [9.17, 15) is 14.3 Å². The molecule has 1 amide bonds. The van der Waals surface area contributed by atoms with E-state index in [1.807, 2.05) is 31.2 Å². The molecule has 7 nitrogen and oxygen atoms in total. The van der Waals surface area contributed by atoms with Gasteiger partial charge >= 0.3 is 0 Å². The summed E-state index contributed by atoms with van der Waals surface area (Å²) in [6.45, 7) is 3.77. The average Bonchev–Trinajstić information content (AvgIpc) is 3.44. The van der Waals surface area contributed by atoms with Crippen LogP contribution in [0.4, 0.5) is 10.1 Å². The van der Waals surface area contributed by atoms with Crippen LogP contribution in [0.15, 0.2) is 65.2 Å². The second-order valence-electron chi connectivity index (χ2n) is 7.43. The fourth-order valence-corrected chi connectivity index (χ4v) is 3.36. The standard InChI is InChI=1S/C23H20ClFN4O3/c1-13-3-5-15(6-4-13)22(30)14(2)29-12-19(27-28-29)17-11-16(7-8-18(17)25)26-23(31)20-9-10-21(24)32-20/h3-12,14,22,30H,1-2H3,(H,26,31). The van der Waals surface area contributed by atoms with E-state index in [1.165, 1.54) is 35.0 Å². The average molecular weight is 455 g/mol. The minimum Gasteiger partial charge on any atom is -0.440 e. The molecule has 2 N–H and O–H groups in total. The van der Waals surface area contributed by atoms with Gasteiger partial charge in [0, 0.05) is 11.3 Å². The molecular weight excluding hydrogens is 435 g/mol. The normalized spacial score (nSPS) is 13.0. The quantitative estimate of drug-likeness (QED) is 0.418. The van der Waals surface area contributed by atoms with Crippen LogP contribution < -0.4 is 5.32 Å². The number of benzene rings is 2. The highest BCUT2D eigenvalue weighted by molar-refractivity contribution is 6.29. The molecule has 0 aliphatic heterocycles. The lowest BCUT2D eigenvalue weighted by molar-refractivity contribution is 0.0996. The highest BCUT2D eigenvalue weighted by Crippen LogP contribution is 2.29. The van der Waals surface area contributed by atoms with Crippen molar-refractivity contribution in [2.24, 2.45) is 0 Å². The van der Waals surface area contributed by atoms with Crippen molar-refractivity contribution in [3.05, 3.63) is 88.7 Å². The van der Waals surface area contributed by atoms with Gasteiger partial charge in [0.05, 0.1) is 12.2 Å². The van der Waals surface area contributed by atoms with Crippen molar-refractivity contribution in [2.75, 3.05) is 5.32 Å². The zero-order chi connectivity index (χ0) is 22.8. The van der Waals surface area contributed by atoms with Gasteiger partial charge in [-0.3, -0.25) is 4.79 Å². The van der Waals surface area contributed by atoms with Gasteiger partial charge in [0.25, 0.3) is 5.91 Å². The molecule has 2 aromatic heterocycles. The molecule has 9 heteroatoms. The number of hydrogen-bond donors (Lipinski definition) is 2. The Balaban J connectivity index is 1.54. The van der Waals surface area contributed by atoms with E-state index < -0.39 is 23.9 Å². The van der Waals surface area contributed by atoms with Gasteiger partial charge in [0.1, 0.15) is 17.6 Å². The smallest absolute Gasteiger partial charge is 0.291 e. The molecule has 0 saturated heterocycles. The third-order valence-electron chi connectivity index (χ3n) is 5.10. The molecule has 2 atom stereocenters. The van der Waals surface area contributed by atoms with E-state index in [4.69, 9.17) is 16.0 Å². The molecule has 0 aliphatic carbocycles.